The van der Waals surface area contributed by atoms with Gasteiger partial charge in [-0.15, -0.1) is 0 Å². The minimum atomic E-state index is 0.571. The largest absolute Gasteiger partial charge is 0.383 e. The molecule has 1 aliphatic heterocycles. The lowest BCUT2D eigenvalue weighted by atomic mass is 10.2. The SMILES string of the molecule is COCCN1CCN(Cc2cc(C)on2)C[C@@H]1C. The Morgan fingerprint density at radius 1 is 1.50 bits per heavy atom. The topological polar surface area (TPSA) is 41.7 Å². The molecule has 5 nitrogen and oxygen atoms in total. The Kier molecular flexibility index (Phi) is 4.74. The van der Waals surface area contributed by atoms with Gasteiger partial charge < -0.3 is 9.26 Å². The highest BCUT2D eigenvalue weighted by molar-refractivity contribution is 5.03. The lowest BCUT2D eigenvalue weighted by Crippen LogP contribution is -2.52. The highest BCUT2D eigenvalue weighted by Crippen LogP contribution is 2.12. The fourth-order valence-electron chi connectivity index (χ4n) is 2.48. The molecular weight excluding hydrogens is 230 g/mol. The number of aryl methyl sites for hydroxylation is 1. The van der Waals surface area contributed by atoms with E-state index in [-0.39, 0.29) is 0 Å². The van der Waals surface area contributed by atoms with Crippen LogP contribution in [0.3, 0.4) is 0 Å². The van der Waals surface area contributed by atoms with Crippen molar-refractivity contribution in [1.29, 1.82) is 0 Å². The standard InChI is InChI=1S/C13H23N3O2/c1-11-9-15(4-5-16(11)6-7-17-3)10-13-8-12(2)18-14-13/h8,11H,4-7,9-10H2,1-3H3/t11-/m0/s1. The Bertz CT molecular complexity index is 367. The number of hydrogen-bond donors (Lipinski definition) is 0. The van der Waals surface area contributed by atoms with Gasteiger partial charge in [-0.25, -0.2) is 0 Å². The molecule has 0 saturated carbocycles. The zero-order valence-electron chi connectivity index (χ0n) is 11.6. The number of rotatable bonds is 5. The third-order valence-electron chi connectivity index (χ3n) is 3.49. The first-order chi connectivity index (χ1) is 8.69. The van der Waals surface area contributed by atoms with Crippen molar-refractivity contribution in [3.8, 4) is 0 Å². The highest BCUT2D eigenvalue weighted by Gasteiger charge is 2.23. The van der Waals surface area contributed by atoms with E-state index < -0.39 is 0 Å². The molecule has 0 spiro atoms. The van der Waals surface area contributed by atoms with Crippen molar-refractivity contribution in [3.63, 3.8) is 0 Å². The summed E-state index contributed by atoms with van der Waals surface area (Å²) in [4.78, 5) is 4.92. The average Bonchev–Trinajstić information content (AvgIpc) is 2.74. The molecular formula is C13H23N3O2. The molecule has 2 heterocycles. The monoisotopic (exact) mass is 253 g/mol. The highest BCUT2D eigenvalue weighted by atomic mass is 16.5. The zero-order valence-corrected chi connectivity index (χ0v) is 11.6. The Hall–Kier alpha value is -0.910. The van der Waals surface area contributed by atoms with Gasteiger partial charge >= 0.3 is 0 Å². The van der Waals surface area contributed by atoms with Crippen molar-refractivity contribution in [1.82, 2.24) is 15.0 Å². The first-order valence-electron chi connectivity index (χ1n) is 6.56. The summed E-state index contributed by atoms with van der Waals surface area (Å²) in [5, 5.41) is 4.05. The predicted molar refractivity (Wildman–Crippen MR) is 69.4 cm³/mol. The fraction of sp³-hybridized carbons (Fsp3) is 0.769. The van der Waals surface area contributed by atoms with Crippen LogP contribution in [0.25, 0.3) is 0 Å². The molecule has 0 amide bonds. The molecule has 5 heteroatoms. The Morgan fingerprint density at radius 2 is 2.33 bits per heavy atom. The van der Waals surface area contributed by atoms with E-state index in [0.717, 1.165) is 50.8 Å². The second kappa shape index (κ2) is 6.31. The number of methoxy groups -OCH3 is 1. The summed E-state index contributed by atoms with van der Waals surface area (Å²) in [6.07, 6.45) is 0. The fourth-order valence-corrected chi connectivity index (χ4v) is 2.48. The molecule has 1 saturated heterocycles. The third-order valence-corrected chi connectivity index (χ3v) is 3.49. The first-order valence-corrected chi connectivity index (χ1v) is 6.56. The van der Waals surface area contributed by atoms with Gasteiger partial charge in [-0.2, -0.15) is 0 Å². The van der Waals surface area contributed by atoms with Gasteiger partial charge in [-0.05, 0) is 13.8 Å². The van der Waals surface area contributed by atoms with E-state index in [1.54, 1.807) is 7.11 Å². The van der Waals surface area contributed by atoms with Gasteiger partial charge in [0.25, 0.3) is 0 Å². The van der Waals surface area contributed by atoms with Gasteiger partial charge in [0.1, 0.15) is 5.76 Å². The smallest absolute Gasteiger partial charge is 0.133 e. The van der Waals surface area contributed by atoms with E-state index in [0.29, 0.717) is 6.04 Å². The molecule has 0 aliphatic carbocycles. The van der Waals surface area contributed by atoms with Crippen LogP contribution >= 0.6 is 0 Å². The lowest BCUT2D eigenvalue weighted by Gasteiger charge is -2.39. The molecule has 18 heavy (non-hydrogen) atoms. The second-order valence-electron chi connectivity index (χ2n) is 5.04. The molecule has 102 valence electrons. The minimum absolute atomic E-state index is 0.571. The molecule has 1 aromatic rings. The third kappa shape index (κ3) is 3.54. The summed E-state index contributed by atoms with van der Waals surface area (Å²) in [6.45, 7) is 10.2. The molecule has 2 rings (SSSR count). The van der Waals surface area contributed by atoms with Gasteiger partial charge in [0.2, 0.25) is 0 Å². The number of piperazine rings is 1. The number of aromatic nitrogens is 1. The van der Waals surface area contributed by atoms with Crippen LogP contribution in [0.2, 0.25) is 0 Å². The molecule has 0 aromatic carbocycles. The molecule has 1 fully saturated rings. The van der Waals surface area contributed by atoms with Crippen molar-refractivity contribution in [3.05, 3.63) is 17.5 Å². The Labute approximate surface area is 109 Å². The van der Waals surface area contributed by atoms with Crippen LogP contribution in [-0.4, -0.2) is 60.9 Å². The van der Waals surface area contributed by atoms with Crippen LogP contribution in [0.4, 0.5) is 0 Å². The summed E-state index contributed by atoms with van der Waals surface area (Å²) in [5.41, 5.74) is 1.03. The molecule has 0 N–H and O–H groups in total. The normalized spacial score (nSPS) is 22.5. The predicted octanol–water partition coefficient (Wildman–Crippen LogP) is 1.14. The maximum atomic E-state index is 5.14. The molecule has 0 unspecified atom stereocenters. The van der Waals surface area contributed by atoms with Crippen LogP contribution in [0.15, 0.2) is 10.6 Å². The Morgan fingerprint density at radius 3 is 2.94 bits per heavy atom. The molecule has 0 bridgehead atoms. The first kappa shape index (κ1) is 13.5. The summed E-state index contributed by atoms with van der Waals surface area (Å²) >= 11 is 0. The number of nitrogens with zero attached hydrogens (tertiary/aromatic N) is 3. The average molecular weight is 253 g/mol. The van der Waals surface area contributed by atoms with Crippen LogP contribution in [0.1, 0.15) is 18.4 Å². The Balaban J connectivity index is 1.80. The van der Waals surface area contributed by atoms with Crippen molar-refractivity contribution < 1.29 is 9.26 Å². The number of hydrogen-bond acceptors (Lipinski definition) is 5. The van der Waals surface area contributed by atoms with E-state index in [1.165, 1.54) is 0 Å². The summed E-state index contributed by atoms with van der Waals surface area (Å²) < 4.78 is 10.2. The van der Waals surface area contributed by atoms with E-state index >= 15 is 0 Å². The molecule has 1 aromatic heterocycles. The van der Waals surface area contributed by atoms with Crippen molar-refractivity contribution in [2.75, 3.05) is 39.9 Å². The van der Waals surface area contributed by atoms with Crippen LogP contribution in [0.5, 0.6) is 0 Å². The van der Waals surface area contributed by atoms with Gasteiger partial charge in [0, 0.05) is 51.9 Å². The number of ether oxygens (including phenoxy) is 1. The summed E-state index contributed by atoms with van der Waals surface area (Å²) in [5.74, 6) is 0.886. The lowest BCUT2D eigenvalue weighted by molar-refractivity contribution is 0.0548. The van der Waals surface area contributed by atoms with Crippen molar-refractivity contribution in [2.24, 2.45) is 0 Å². The van der Waals surface area contributed by atoms with Crippen LogP contribution in [-0.2, 0) is 11.3 Å². The van der Waals surface area contributed by atoms with Gasteiger partial charge in [0.15, 0.2) is 0 Å². The van der Waals surface area contributed by atoms with Crippen molar-refractivity contribution >= 4 is 0 Å². The maximum absolute atomic E-state index is 5.14. The van der Waals surface area contributed by atoms with E-state index in [2.05, 4.69) is 21.9 Å². The molecule has 1 aliphatic rings. The van der Waals surface area contributed by atoms with Gasteiger partial charge in [0.05, 0.1) is 12.3 Å². The molecule has 1 atom stereocenters. The van der Waals surface area contributed by atoms with E-state index in [1.807, 2.05) is 13.0 Å². The van der Waals surface area contributed by atoms with Crippen LogP contribution in [0, 0.1) is 6.92 Å². The van der Waals surface area contributed by atoms with Crippen LogP contribution < -0.4 is 0 Å². The quantitative estimate of drug-likeness (QED) is 0.787. The molecule has 0 radical (unpaired) electrons. The van der Waals surface area contributed by atoms with Crippen molar-refractivity contribution in [2.45, 2.75) is 26.4 Å². The van der Waals surface area contributed by atoms with E-state index in [9.17, 15) is 0 Å². The second-order valence-corrected chi connectivity index (χ2v) is 5.04. The maximum Gasteiger partial charge on any atom is 0.133 e. The zero-order chi connectivity index (χ0) is 13.0. The van der Waals surface area contributed by atoms with Gasteiger partial charge in [-0.3, -0.25) is 9.80 Å². The summed E-state index contributed by atoms with van der Waals surface area (Å²) in [7, 11) is 1.76. The van der Waals surface area contributed by atoms with E-state index in [4.69, 9.17) is 9.26 Å². The van der Waals surface area contributed by atoms with Gasteiger partial charge in [-0.1, -0.05) is 5.16 Å². The summed E-state index contributed by atoms with van der Waals surface area (Å²) in [6, 6.07) is 2.59. The minimum Gasteiger partial charge on any atom is -0.383 e.